The van der Waals surface area contributed by atoms with Crippen LogP contribution in [0.1, 0.15) is 29.2 Å². The quantitative estimate of drug-likeness (QED) is 0.858. The third kappa shape index (κ3) is 3.36. The lowest BCUT2D eigenvalue weighted by Gasteiger charge is -2.25. The number of pyridine rings is 1. The van der Waals surface area contributed by atoms with Crippen molar-refractivity contribution in [2.75, 3.05) is 25.0 Å². The van der Waals surface area contributed by atoms with Gasteiger partial charge in [0.25, 0.3) is 0 Å². The Morgan fingerprint density at radius 1 is 1.33 bits per heavy atom. The van der Waals surface area contributed by atoms with Crippen molar-refractivity contribution in [2.45, 2.75) is 32.9 Å². The SMILES string of the molecule is Cc1cc(N2CC[C@@H](N(C)Cc3ncccn3)C2)c(C#N)c(C)n1. The normalized spacial score (nSPS) is 17.3. The van der Waals surface area contributed by atoms with Gasteiger partial charge in [0.05, 0.1) is 23.5 Å². The van der Waals surface area contributed by atoms with Crippen LogP contribution in [0.5, 0.6) is 0 Å². The molecule has 1 aliphatic heterocycles. The molecule has 124 valence electrons. The zero-order chi connectivity index (χ0) is 17.1. The van der Waals surface area contributed by atoms with Gasteiger partial charge in [-0.2, -0.15) is 5.26 Å². The number of hydrogen-bond acceptors (Lipinski definition) is 6. The summed E-state index contributed by atoms with van der Waals surface area (Å²) in [6.07, 6.45) is 4.62. The molecular weight excluding hydrogens is 300 g/mol. The molecule has 0 unspecified atom stereocenters. The van der Waals surface area contributed by atoms with Crippen molar-refractivity contribution in [1.29, 1.82) is 5.26 Å². The van der Waals surface area contributed by atoms with E-state index in [1.807, 2.05) is 26.0 Å². The van der Waals surface area contributed by atoms with E-state index in [0.29, 0.717) is 11.6 Å². The van der Waals surface area contributed by atoms with Crippen molar-refractivity contribution in [2.24, 2.45) is 0 Å². The smallest absolute Gasteiger partial charge is 0.142 e. The first-order valence-corrected chi connectivity index (χ1v) is 8.18. The molecule has 2 aromatic rings. The Balaban J connectivity index is 1.73. The predicted molar refractivity (Wildman–Crippen MR) is 92.5 cm³/mol. The Kier molecular flexibility index (Phi) is 4.72. The summed E-state index contributed by atoms with van der Waals surface area (Å²) in [4.78, 5) is 17.6. The van der Waals surface area contributed by atoms with Crippen LogP contribution in [0.4, 0.5) is 5.69 Å². The van der Waals surface area contributed by atoms with E-state index < -0.39 is 0 Å². The highest BCUT2D eigenvalue weighted by Crippen LogP contribution is 2.28. The Labute approximate surface area is 142 Å². The molecule has 3 rings (SSSR count). The number of rotatable bonds is 4. The molecule has 24 heavy (non-hydrogen) atoms. The van der Waals surface area contributed by atoms with Gasteiger partial charge in [0, 0.05) is 37.2 Å². The molecule has 1 aliphatic rings. The molecule has 6 nitrogen and oxygen atoms in total. The highest BCUT2D eigenvalue weighted by molar-refractivity contribution is 5.62. The van der Waals surface area contributed by atoms with Gasteiger partial charge >= 0.3 is 0 Å². The number of nitriles is 1. The van der Waals surface area contributed by atoms with Crippen LogP contribution in [0.15, 0.2) is 24.5 Å². The van der Waals surface area contributed by atoms with Crippen LogP contribution in [0.2, 0.25) is 0 Å². The van der Waals surface area contributed by atoms with E-state index in [-0.39, 0.29) is 0 Å². The Hall–Kier alpha value is -2.52. The fourth-order valence-corrected chi connectivity index (χ4v) is 3.28. The molecule has 0 bridgehead atoms. The number of hydrogen-bond donors (Lipinski definition) is 0. The monoisotopic (exact) mass is 322 g/mol. The van der Waals surface area contributed by atoms with Gasteiger partial charge in [0.2, 0.25) is 0 Å². The van der Waals surface area contributed by atoms with E-state index in [0.717, 1.165) is 49.0 Å². The molecule has 0 aliphatic carbocycles. The third-order valence-corrected chi connectivity index (χ3v) is 4.56. The van der Waals surface area contributed by atoms with Crippen molar-refractivity contribution in [3.8, 4) is 6.07 Å². The topological polar surface area (TPSA) is 68.9 Å². The first-order valence-electron chi connectivity index (χ1n) is 8.18. The summed E-state index contributed by atoms with van der Waals surface area (Å²) in [5.74, 6) is 0.840. The Morgan fingerprint density at radius 2 is 2.08 bits per heavy atom. The highest BCUT2D eigenvalue weighted by Gasteiger charge is 2.28. The highest BCUT2D eigenvalue weighted by atomic mass is 15.3. The van der Waals surface area contributed by atoms with Crippen molar-refractivity contribution in [3.05, 3.63) is 47.3 Å². The molecule has 0 aromatic carbocycles. The second-order valence-electron chi connectivity index (χ2n) is 6.32. The number of aryl methyl sites for hydroxylation is 2. The average Bonchev–Trinajstić information content (AvgIpc) is 3.05. The maximum Gasteiger partial charge on any atom is 0.142 e. The molecule has 3 heterocycles. The summed E-state index contributed by atoms with van der Waals surface area (Å²) in [6, 6.07) is 6.59. The lowest BCUT2D eigenvalue weighted by Crippen LogP contribution is -2.34. The first-order chi connectivity index (χ1) is 11.6. The molecule has 1 saturated heterocycles. The van der Waals surface area contributed by atoms with Crippen LogP contribution in [0.3, 0.4) is 0 Å². The average molecular weight is 322 g/mol. The summed E-state index contributed by atoms with van der Waals surface area (Å²) in [5.41, 5.74) is 3.46. The van der Waals surface area contributed by atoms with Gasteiger partial charge < -0.3 is 4.90 Å². The fraction of sp³-hybridized carbons (Fsp3) is 0.444. The number of nitrogens with zero attached hydrogens (tertiary/aromatic N) is 6. The largest absolute Gasteiger partial charge is 0.369 e. The van der Waals surface area contributed by atoms with Crippen molar-refractivity contribution in [1.82, 2.24) is 19.9 Å². The maximum absolute atomic E-state index is 9.48. The van der Waals surface area contributed by atoms with Gasteiger partial charge in [0.15, 0.2) is 0 Å². The minimum absolute atomic E-state index is 0.425. The van der Waals surface area contributed by atoms with Gasteiger partial charge in [-0.25, -0.2) is 9.97 Å². The van der Waals surface area contributed by atoms with Crippen LogP contribution < -0.4 is 4.90 Å². The molecule has 0 radical (unpaired) electrons. The Bertz CT molecular complexity index is 752. The molecule has 2 aromatic heterocycles. The van der Waals surface area contributed by atoms with E-state index in [9.17, 15) is 5.26 Å². The van der Waals surface area contributed by atoms with Gasteiger partial charge in [0.1, 0.15) is 11.9 Å². The van der Waals surface area contributed by atoms with Crippen molar-refractivity contribution >= 4 is 5.69 Å². The molecular formula is C18H22N6. The van der Waals surface area contributed by atoms with Crippen LogP contribution in [0.25, 0.3) is 0 Å². The molecule has 0 N–H and O–H groups in total. The molecule has 0 saturated carbocycles. The van der Waals surface area contributed by atoms with Gasteiger partial charge in [-0.3, -0.25) is 9.88 Å². The summed E-state index contributed by atoms with van der Waals surface area (Å²) >= 11 is 0. The number of aromatic nitrogens is 3. The first kappa shape index (κ1) is 16.3. The van der Waals surface area contributed by atoms with E-state index in [2.05, 4.69) is 37.9 Å². The molecule has 0 amide bonds. The van der Waals surface area contributed by atoms with Gasteiger partial charge in [-0.15, -0.1) is 0 Å². The van der Waals surface area contributed by atoms with Crippen molar-refractivity contribution in [3.63, 3.8) is 0 Å². The van der Waals surface area contributed by atoms with Crippen LogP contribution >= 0.6 is 0 Å². The fourth-order valence-electron chi connectivity index (χ4n) is 3.28. The van der Waals surface area contributed by atoms with Crippen molar-refractivity contribution < 1.29 is 0 Å². The summed E-state index contributed by atoms with van der Waals surface area (Å²) in [6.45, 7) is 6.47. The van der Waals surface area contributed by atoms with Crippen LogP contribution in [0, 0.1) is 25.2 Å². The standard InChI is InChI=1S/C18H22N6/c1-13-9-17(16(10-19)14(2)22-13)24-8-5-15(11-24)23(3)12-18-20-6-4-7-21-18/h4,6-7,9,15H,5,8,11-12H2,1-3H3/t15-/m1/s1. The number of anilines is 1. The maximum atomic E-state index is 9.48. The summed E-state index contributed by atoms with van der Waals surface area (Å²) in [5, 5.41) is 9.48. The van der Waals surface area contributed by atoms with Gasteiger partial charge in [-0.05, 0) is 39.4 Å². The van der Waals surface area contributed by atoms with E-state index >= 15 is 0 Å². The van der Waals surface area contributed by atoms with Gasteiger partial charge in [-0.1, -0.05) is 0 Å². The molecule has 1 atom stereocenters. The second-order valence-corrected chi connectivity index (χ2v) is 6.32. The van der Waals surface area contributed by atoms with E-state index in [4.69, 9.17) is 0 Å². The van der Waals surface area contributed by atoms with E-state index in [1.165, 1.54) is 0 Å². The summed E-state index contributed by atoms with van der Waals surface area (Å²) < 4.78 is 0. The van der Waals surface area contributed by atoms with Crippen LogP contribution in [-0.2, 0) is 6.54 Å². The summed E-state index contributed by atoms with van der Waals surface area (Å²) in [7, 11) is 2.11. The van der Waals surface area contributed by atoms with Crippen LogP contribution in [-0.4, -0.2) is 46.0 Å². The second kappa shape index (κ2) is 6.93. The minimum atomic E-state index is 0.425. The predicted octanol–water partition coefficient (Wildman–Crippen LogP) is 2.07. The van der Waals surface area contributed by atoms with E-state index in [1.54, 1.807) is 12.4 Å². The zero-order valence-electron chi connectivity index (χ0n) is 14.4. The molecule has 1 fully saturated rings. The molecule has 0 spiro atoms. The Morgan fingerprint density at radius 3 is 2.79 bits per heavy atom. The lowest BCUT2D eigenvalue weighted by molar-refractivity contribution is 0.244. The lowest BCUT2D eigenvalue weighted by atomic mass is 10.1. The molecule has 6 heteroatoms. The number of likely N-dealkylation sites (N-methyl/N-ethyl adjacent to an activating group) is 1. The third-order valence-electron chi connectivity index (χ3n) is 4.56. The zero-order valence-corrected chi connectivity index (χ0v) is 14.4. The minimum Gasteiger partial charge on any atom is -0.369 e.